The summed E-state index contributed by atoms with van der Waals surface area (Å²) < 4.78 is 0. The molecule has 1 aromatic carbocycles. The molecule has 1 N–H and O–H groups in total. The summed E-state index contributed by atoms with van der Waals surface area (Å²) >= 11 is 1.62. The Morgan fingerprint density at radius 2 is 1.86 bits per heavy atom. The molecule has 0 atom stereocenters. The zero-order valence-electron chi connectivity index (χ0n) is 13.2. The lowest BCUT2D eigenvalue weighted by atomic mass is 10.2. The molecule has 0 saturated heterocycles. The van der Waals surface area contributed by atoms with E-state index < -0.39 is 0 Å². The van der Waals surface area contributed by atoms with Gasteiger partial charge >= 0.3 is 0 Å². The number of aryl methyl sites for hydroxylation is 2. The highest BCUT2D eigenvalue weighted by molar-refractivity contribution is 7.99. The van der Waals surface area contributed by atoms with E-state index in [1.54, 1.807) is 11.8 Å². The second kappa shape index (κ2) is 7.57. The highest BCUT2D eigenvalue weighted by Gasteiger charge is 2.04. The summed E-state index contributed by atoms with van der Waals surface area (Å²) in [6, 6.07) is 6.45. The van der Waals surface area contributed by atoms with E-state index in [4.69, 9.17) is 0 Å². The highest BCUT2D eigenvalue weighted by atomic mass is 32.2. The van der Waals surface area contributed by atoms with Crippen LogP contribution in [-0.4, -0.2) is 16.5 Å². The maximum Gasteiger partial charge on any atom is 0.192 e. The number of hydrogen-bond donors (Lipinski definition) is 1. The average Bonchev–Trinajstić information content (AvgIpc) is 2.43. The van der Waals surface area contributed by atoms with Gasteiger partial charge in [-0.25, -0.2) is 9.97 Å². The Bertz CT molecular complexity index is 579. The number of rotatable bonds is 6. The van der Waals surface area contributed by atoms with Gasteiger partial charge in [0.05, 0.1) is 0 Å². The lowest BCUT2D eigenvalue weighted by Gasteiger charge is -2.08. The van der Waals surface area contributed by atoms with Crippen LogP contribution in [0.2, 0.25) is 0 Å². The molecule has 0 aliphatic rings. The number of aromatic nitrogens is 2. The molecule has 0 radical (unpaired) electrons. The molecule has 0 aliphatic carbocycles. The van der Waals surface area contributed by atoms with Crippen molar-refractivity contribution >= 4 is 11.8 Å². The Hall–Kier alpha value is -1.39. The van der Waals surface area contributed by atoms with Gasteiger partial charge in [-0.05, 0) is 49.7 Å². The smallest absolute Gasteiger partial charge is 0.192 e. The normalized spacial score (nSPS) is 11.1. The van der Waals surface area contributed by atoms with Crippen molar-refractivity contribution in [1.82, 2.24) is 15.3 Å². The van der Waals surface area contributed by atoms with Crippen LogP contribution >= 0.6 is 11.8 Å². The molecule has 2 rings (SSSR count). The first-order valence-corrected chi connectivity index (χ1v) is 8.13. The molecule has 2 aromatic rings. The van der Waals surface area contributed by atoms with E-state index in [-0.39, 0.29) is 0 Å². The largest absolute Gasteiger partial charge is 0.312 e. The van der Waals surface area contributed by atoms with Gasteiger partial charge in [0.25, 0.3) is 0 Å². The van der Waals surface area contributed by atoms with Crippen molar-refractivity contribution in [2.45, 2.75) is 44.3 Å². The molecular formula is C17H23N3S. The van der Waals surface area contributed by atoms with Crippen molar-refractivity contribution < 1.29 is 0 Å². The summed E-state index contributed by atoms with van der Waals surface area (Å²) in [5.74, 6) is 0.658. The molecule has 0 spiro atoms. The summed E-state index contributed by atoms with van der Waals surface area (Å²) in [5, 5.41) is 4.20. The van der Waals surface area contributed by atoms with E-state index in [0.29, 0.717) is 5.92 Å². The summed E-state index contributed by atoms with van der Waals surface area (Å²) in [7, 11) is 0. The Labute approximate surface area is 131 Å². The van der Waals surface area contributed by atoms with Crippen LogP contribution < -0.4 is 5.32 Å². The van der Waals surface area contributed by atoms with Gasteiger partial charge in [-0.2, -0.15) is 0 Å². The van der Waals surface area contributed by atoms with Gasteiger partial charge < -0.3 is 5.32 Å². The molecule has 0 amide bonds. The van der Waals surface area contributed by atoms with Gasteiger partial charge in [-0.3, -0.25) is 0 Å². The lowest BCUT2D eigenvalue weighted by molar-refractivity contribution is 0.550. The van der Waals surface area contributed by atoms with E-state index in [1.807, 2.05) is 12.4 Å². The van der Waals surface area contributed by atoms with Crippen LogP contribution in [0.5, 0.6) is 0 Å². The summed E-state index contributed by atoms with van der Waals surface area (Å²) in [6.07, 6.45) is 3.82. The van der Waals surface area contributed by atoms with Crippen LogP contribution in [-0.2, 0) is 6.54 Å². The fraction of sp³-hybridized carbons (Fsp3) is 0.412. The number of hydrogen-bond acceptors (Lipinski definition) is 4. The van der Waals surface area contributed by atoms with E-state index >= 15 is 0 Å². The van der Waals surface area contributed by atoms with Crippen LogP contribution in [0.3, 0.4) is 0 Å². The van der Waals surface area contributed by atoms with Crippen molar-refractivity contribution in [3.63, 3.8) is 0 Å². The maximum atomic E-state index is 4.45. The lowest BCUT2D eigenvalue weighted by Crippen LogP contribution is -2.19. The average molecular weight is 301 g/mol. The van der Waals surface area contributed by atoms with Crippen molar-refractivity contribution in [2.75, 3.05) is 6.54 Å². The molecular weight excluding hydrogens is 278 g/mol. The van der Waals surface area contributed by atoms with E-state index in [9.17, 15) is 0 Å². The van der Waals surface area contributed by atoms with E-state index in [2.05, 4.69) is 61.2 Å². The summed E-state index contributed by atoms with van der Waals surface area (Å²) in [5.41, 5.74) is 3.68. The minimum Gasteiger partial charge on any atom is -0.312 e. The third-order valence-electron chi connectivity index (χ3n) is 3.10. The molecule has 1 heterocycles. The van der Waals surface area contributed by atoms with Crippen molar-refractivity contribution in [1.29, 1.82) is 0 Å². The Balaban J connectivity index is 1.95. The van der Waals surface area contributed by atoms with Crippen LogP contribution in [0.25, 0.3) is 0 Å². The molecule has 0 saturated carbocycles. The predicted molar refractivity (Wildman–Crippen MR) is 88.6 cm³/mol. The van der Waals surface area contributed by atoms with Crippen molar-refractivity contribution in [3.8, 4) is 0 Å². The number of nitrogens with zero attached hydrogens (tertiary/aromatic N) is 2. The molecule has 21 heavy (non-hydrogen) atoms. The first-order chi connectivity index (χ1) is 10.0. The first-order valence-electron chi connectivity index (χ1n) is 7.31. The Kier molecular flexibility index (Phi) is 5.76. The van der Waals surface area contributed by atoms with Crippen molar-refractivity contribution in [3.05, 3.63) is 47.3 Å². The minimum absolute atomic E-state index is 0.658. The number of nitrogens with one attached hydrogen (secondary N) is 1. The molecule has 3 nitrogen and oxygen atoms in total. The second-order valence-corrected chi connectivity index (χ2v) is 6.78. The third kappa shape index (κ3) is 5.14. The van der Waals surface area contributed by atoms with Crippen LogP contribution in [0, 0.1) is 19.8 Å². The van der Waals surface area contributed by atoms with Gasteiger partial charge in [-0.1, -0.05) is 31.5 Å². The predicted octanol–water partition coefficient (Wildman–Crippen LogP) is 3.99. The van der Waals surface area contributed by atoms with Gasteiger partial charge in [0.1, 0.15) is 0 Å². The highest BCUT2D eigenvalue weighted by Crippen LogP contribution is 2.27. The summed E-state index contributed by atoms with van der Waals surface area (Å²) in [4.78, 5) is 10.1. The van der Waals surface area contributed by atoms with Gasteiger partial charge in [-0.15, -0.1) is 0 Å². The monoisotopic (exact) mass is 301 g/mol. The molecule has 112 valence electrons. The molecule has 0 aliphatic heterocycles. The first kappa shape index (κ1) is 16.0. The zero-order valence-corrected chi connectivity index (χ0v) is 14.0. The van der Waals surface area contributed by atoms with Gasteiger partial charge in [0.15, 0.2) is 5.16 Å². The zero-order chi connectivity index (χ0) is 15.2. The number of benzene rings is 1. The molecule has 0 unspecified atom stereocenters. The van der Waals surface area contributed by atoms with E-state index in [1.165, 1.54) is 16.0 Å². The molecule has 0 bridgehead atoms. The fourth-order valence-corrected chi connectivity index (χ4v) is 2.77. The van der Waals surface area contributed by atoms with E-state index in [0.717, 1.165) is 23.8 Å². The quantitative estimate of drug-likeness (QED) is 0.819. The second-order valence-electron chi connectivity index (χ2n) is 5.77. The van der Waals surface area contributed by atoms with Crippen LogP contribution in [0.15, 0.2) is 40.6 Å². The molecule has 1 aromatic heterocycles. The standard InChI is InChI=1S/C17H23N3S/c1-12(2)8-18-9-15-10-19-17(20-11-15)21-16-6-5-13(3)7-14(16)4/h5-7,10-12,18H,8-9H2,1-4H3. The van der Waals surface area contributed by atoms with Crippen LogP contribution in [0.4, 0.5) is 0 Å². The Morgan fingerprint density at radius 1 is 1.14 bits per heavy atom. The molecule has 0 fully saturated rings. The molecule has 4 heteroatoms. The third-order valence-corrected chi connectivity index (χ3v) is 4.17. The minimum atomic E-state index is 0.658. The van der Waals surface area contributed by atoms with Gasteiger partial charge in [0.2, 0.25) is 0 Å². The maximum absolute atomic E-state index is 4.45. The van der Waals surface area contributed by atoms with Crippen molar-refractivity contribution in [2.24, 2.45) is 5.92 Å². The van der Waals surface area contributed by atoms with Gasteiger partial charge in [0, 0.05) is 29.4 Å². The Morgan fingerprint density at radius 3 is 2.48 bits per heavy atom. The SMILES string of the molecule is Cc1ccc(Sc2ncc(CNCC(C)C)cn2)c(C)c1. The summed E-state index contributed by atoms with van der Waals surface area (Å²) in [6.45, 7) is 10.5. The van der Waals surface area contributed by atoms with Crippen LogP contribution in [0.1, 0.15) is 30.5 Å². The fourth-order valence-electron chi connectivity index (χ4n) is 2.00. The topological polar surface area (TPSA) is 37.8 Å².